The van der Waals surface area contributed by atoms with Crippen LogP contribution in [0, 0.1) is 11.8 Å². The average molecular weight is 402 g/mol. The van der Waals surface area contributed by atoms with Gasteiger partial charge in [-0.3, -0.25) is 24.1 Å². The van der Waals surface area contributed by atoms with Crippen LogP contribution >= 0.6 is 0 Å². The van der Waals surface area contributed by atoms with Crippen LogP contribution in [0.3, 0.4) is 0 Å². The second kappa shape index (κ2) is 9.54. The van der Waals surface area contributed by atoms with Crippen molar-refractivity contribution < 1.29 is 28.7 Å². The highest BCUT2D eigenvalue weighted by Gasteiger charge is 2.47. The lowest BCUT2D eigenvalue weighted by molar-refractivity contribution is -0.148. The molecule has 29 heavy (non-hydrogen) atoms. The van der Waals surface area contributed by atoms with E-state index in [1.807, 2.05) is 6.92 Å². The molecule has 1 saturated carbocycles. The number of hydrogen-bond donors (Lipinski definition) is 1. The van der Waals surface area contributed by atoms with Crippen LogP contribution in [0.1, 0.15) is 39.0 Å². The molecule has 1 aliphatic carbocycles. The second-order valence-electron chi connectivity index (χ2n) is 7.21. The molecule has 8 nitrogen and oxygen atoms in total. The third-order valence-electron chi connectivity index (χ3n) is 5.30. The predicted octanol–water partition coefficient (Wildman–Crippen LogP) is 2.13. The summed E-state index contributed by atoms with van der Waals surface area (Å²) in [5, 5.41) is 2.64. The fraction of sp³-hybridized carbons (Fsp3) is 0.524. The fourth-order valence-corrected chi connectivity index (χ4v) is 3.91. The smallest absolute Gasteiger partial charge is 0.308 e. The molecular formula is C21H26N2O6. The number of fused-ring (bicyclic) bond motifs is 1. The van der Waals surface area contributed by atoms with E-state index in [1.165, 1.54) is 4.90 Å². The van der Waals surface area contributed by atoms with Crippen molar-refractivity contribution in [1.82, 2.24) is 4.90 Å². The van der Waals surface area contributed by atoms with Gasteiger partial charge in [-0.25, -0.2) is 0 Å². The van der Waals surface area contributed by atoms with Crippen LogP contribution in [0.15, 0.2) is 24.3 Å². The molecule has 1 aromatic rings. The standard InChI is InChI=1S/C21H26N2O6/c1-2-28-17-10-6-5-9-16(17)22-18(24)13-29-19(25)11-12-23-20(26)14-7-3-4-8-15(14)21(23)27/h5-6,9-10,14-15H,2-4,7-8,11-13H2,1H3,(H,22,24). The van der Waals surface area contributed by atoms with Crippen LogP contribution in [-0.4, -0.2) is 48.3 Å². The number of esters is 1. The minimum atomic E-state index is -0.631. The monoisotopic (exact) mass is 402 g/mol. The lowest BCUT2D eigenvalue weighted by Crippen LogP contribution is -2.33. The number of hydrogen-bond acceptors (Lipinski definition) is 6. The first kappa shape index (κ1) is 20.8. The summed E-state index contributed by atoms with van der Waals surface area (Å²) >= 11 is 0. The highest BCUT2D eigenvalue weighted by molar-refractivity contribution is 6.05. The Bertz CT molecular complexity index is 769. The Morgan fingerprint density at radius 3 is 2.41 bits per heavy atom. The molecule has 8 heteroatoms. The first-order valence-electron chi connectivity index (χ1n) is 10.0. The average Bonchev–Trinajstić information content (AvgIpc) is 2.97. The van der Waals surface area contributed by atoms with E-state index in [-0.39, 0.29) is 36.6 Å². The number of carbonyl (C=O) groups excluding carboxylic acids is 4. The van der Waals surface area contributed by atoms with E-state index in [2.05, 4.69) is 5.32 Å². The molecule has 2 fully saturated rings. The van der Waals surface area contributed by atoms with E-state index in [9.17, 15) is 19.2 Å². The molecule has 2 unspecified atom stereocenters. The predicted molar refractivity (Wildman–Crippen MR) is 104 cm³/mol. The van der Waals surface area contributed by atoms with Gasteiger partial charge in [0.2, 0.25) is 11.8 Å². The van der Waals surface area contributed by atoms with Crippen molar-refractivity contribution in [3.8, 4) is 5.75 Å². The summed E-state index contributed by atoms with van der Waals surface area (Å²) in [4.78, 5) is 50.0. The largest absolute Gasteiger partial charge is 0.492 e. The number of anilines is 1. The normalized spacial score (nSPS) is 20.9. The van der Waals surface area contributed by atoms with E-state index in [1.54, 1.807) is 24.3 Å². The van der Waals surface area contributed by atoms with Gasteiger partial charge in [0.25, 0.3) is 5.91 Å². The van der Waals surface area contributed by atoms with Crippen LogP contribution in [0.2, 0.25) is 0 Å². The molecular weight excluding hydrogens is 376 g/mol. The molecule has 1 heterocycles. The third kappa shape index (κ3) is 4.93. The van der Waals surface area contributed by atoms with Gasteiger partial charge in [0.15, 0.2) is 6.61 Å². The number of imide groups is 1. The Morgan fingerprint density at radius 2 is 1.76 bits per heavy atom. The van der Waals surface area contributed by atoms with Crippen LogP contribution < -0.4 is 10.1 Å². The number of carbonyl (C=O) groups is 4. The van der Waals surface area contributed by atoms with Crippen molar-refractivity contribution in [2.75, 3.05) is 25.1 Å². The molecule has 2 aliphatic rings. The minimum Gasteiger partial charge on any atom is -0.492 e. The Morgan fingerprint density at radius 1 is 1.10 bits per heavy atom. The number of para-hydroxylation sites is 2. The molecule has 1 aromatic carbocycles. The van der Waals surface area contributed by atoms with Gasteiger partial charge >= 0.3 is 5.97 Å². The van der Waals surface area contributed by atoms with Crippen LogP contribution in [0.25, 0.3) is 0 Å². The third-order valence-corrected chi connectivity index (χ3v) is 5.30. The Balaban J connectivity index is 1.44. The minimum absolute atomic E-state index is 0.00169. The van der Waals surface area contributed by atoms with Gasteiger partial charge in [-0.1, -0.05) is 25.0 Å². The molecule has 0 spiro atoms. The van der Waals surface area contributed by atoms with Crippen molar-refractivity contribution in [1.29, 1.82) is 0 Å². The Labute approximate surface area is 169 Å². The van der Waals surface area contributed by atoms with E-state index in [0.717, 1.165) is 25.7 Å². The fourth-order valence-electron chi connectivity index (χ4n) is 3.91. The van der Waals surface area contributed by atoms with Gasteiger partial charge in [-0.2, -0.15) is 0 Å². The van der Waals surface area contributed by atoms with Crippen molar-refractivity contribution in [3.05, 3.63) is 24.3 Å². The number of nitrogens with zero attached hydrogens (tertiary/aromatic N) is 1. The lowest BCUT2D eigenvalue weighted by Gasteiger charge is -2.19. The number of ether oxygens (including phenoxy) is 2. The summed E-state index contributed by atoms with van der Waals surface area (Å²) < 4.78 is 10.4. The van der Waals surface area contributed by atoms with Crippen LogP contribution in [0.5, 0.6) is 5.75 Å². The van der Waals surface area contributed by atoms with E-state index >= 15 is 0 Å². The zero-order valence-electron chi connectivity index (χ0n) is 16.5. The van der Waals surface area contributed by atoms with Gasteiger partial charge in [0.1, 0.15) is 5.75 Å². The summed E-state index contributed by atoms with van der Waals surface area (Å²) in [6.45, 7) is 1.84. The first-order chi connectivity index (χ1) is 14.0. The van der Waals surface area contributed by atoms with Crippen LogP contribution in [0.4, 0.5) is 5.69 Å². The van der Waals surface area contributed by atoms with Gasteiger partial charge in [0.05, 0.1) is 30.6 Å². The molecule has 2 atom stereocenters. The molecule has 1 N–H and O–H groups in total. The Hall–Kier alpha value is -2.90. The summed E-state index contributed by atoms with van der Waals surface area (Å²) in [5.74, 6) is -1.43. The summed E-state index contributed by atoms with van der Waals surface area (Å²) in [7, 11) is 0. The quantitative estimate of drug-likeness (QED) is 0.528. The Kier molecular flexibility index (Phi) is 6.85. The van der Waals surface area contributed by atoms with Crippen molar-refractivity contribution in [2.45, 2.75) is 39.0 Å². The number of rotatable bonds is 8. The van der Waals surface area contributed by atoms with Gasteiger partial charge < -0.3 is 14.8 Å². The first-order valence-corrected chi connectivity index (χ1v) is 10.0. The number of benzene rings is 1. The molecule has 0 radical (unpaired) electrons. The maximum atomic E-state index is 12.4. The molecule has 156 valence electrons. The van der Waals surface area contributed by atoms with E-state index in [0.29, 0.717) is 18.0 Å². The zero-order chi connectivity index (χ0) is 20.8. The maximum absolute atomic E-state index is 12.4. The summed E-state index contributed by atoms with van der Waals surface area (Å²) in [5.41, 5.74) is 0.492. The molecule has 1 saturated heterocycles. The number of amides is 3. The molecule has 0 bridgehead atoms. The second-order valence-corrected chi connectivity index (χ2v) is 7.21. The van der Waals surface area contributed by atoms with Gasteiger partial charge in [-0.05, 0) is 31.9 Å². The van der Waals surface area contributed by atoms with Gasteiger partial charge in [0, 0.05) is 6.54 Å². The molecule has 1 aliphatic heterocycles. The summed E-state index contributed by atoms with van der Waals surface area (Å²) in [6.07, 6.45) is 3.26. The molecule has 3 rings (SSSR count). The van der Waals surface area contributed by atoms with Crippen molar-refractivity contribution in [3.63, 3.8) is 0 Å². The zero-order valence-corrected chi connectivity index (χ0v) is 16.5. The highest BCUT2D eigenvalue weighted by Crippen LogP contribution is 2.37. The maximum Gasteiger partial charge on any atom is 0.308 e. The van der Waals surface area contributed by atoms with Crippen molar-refractivity contribution >= 4 is 29.4 Å². The topological polar surface area (TPSA) is 102 Å². The van der Waals surface area contributed by atoms with E-state index in [4.69, 9.17) is 9.47 Å². The van der Waals surface area contributed by atoms with Gasteiger partial charge in [-0.15, -0.1) is 0 Å². The highest BCUT2D eigenvalue weighted by atomic mass is 16.5. The SMILES string of the molecule is CCOc1ccccc1NC(=O)COC(=O)CCN1C(=O)C2CCCCC2C1=O. The van der Waals surface area contributed by atoms with Crippen LogP contribution in [-0.2, 0) is 23.9 Å². The number of likely N-dealkylation sites (tertiary alicyclic amines) is 1. The lowest BCUT2D eigenvalue weighted by atomic mass is 9.81. The van der Waals surface area contributed by atoms with E-state index < -0.39 is 18.5 Å². The molecule has 3 amide bonds. The molecule has 0 aromatic heterocycles. The number of nitrogens with one attached hydrogen (secondary N) is 1. The van der Waals surface area contributed by atoms with Crippen molar-refractivity contribution in [2.24, 2.45) is 11.8 Å². The summed E-state index contributed by atoms with van der Waals surface area (Å²) in [6, 6.07) is 6.96.